The van der Waals surface area contributed by atoms with Crippen LogP contribution >= 0.6 is 0 Å². The Morgan fingerprint density at radius 1 is 0.762 bits per heavy atom. The third kappa shape index (κ3) is 8.80. The van der Waals surface area contributed by atoms with Crippen LogP contribution in [0.2, 0.25) is 0 Å². The number of hydrogen-bond donors (Lipinski definition) is 2. The lowest BCUT2D eigenvalue weighted by Gasteiger charge is -2.09. The number of carbonyl (C=O) groups excluding carboxylic acids is 2. The van der Waals surface area contributed by atoms with Gasteiger partial charge >= 0.3 is 11.9 Å². The van der Waals surface area contributed by atoms with E-state index >= 15 is 0 Å². The molecule has 4 aromatic carbocycles. The van der Waals surface area contributed by atoms with E-state index in [1.807, 2.05) is 6.07 Å². The van der Waals surface area contributed by atoms with Gasteiger partial charge in [-0.1, -0.05) is 36.4 Å². The van der Waals surface area contributed by atoms with Crippen molar-refractivity contribution in [2.45, 2.75) is 12.8 Å². The van der Waals surface area contributed by atoms with Crippen LogP contribution in [0.5, 0.6) is 11.5 Å². The monoisotopic (exact) mass is 568 g/mol. The minimum atomic E-state index is -0.979. The third-order valence-electron chi connectivity index (χ3n) is 5.67. The van der Waals surface area contributed by atoms with Gasteiger partial charge in [-0.25, -0.2) is 13.6 Å². The van der Waals surface area contributed by atoms with Crippen LogP contribution in [0.15, 0.2) is 84.9 Å². The van der Waals surface area contributed by atoms with Gasteiger partial charge in [0.25, 0.3) is 0 Å². The van der Waals surface area contributed by atoms with Gasteiger partial charge in [0.15, 0.2) is 5.69 Å². The highest BCUT2D eigenvalue weighted by Gasteiger charge is 2.17. The summed E-state index contributed by atoms with van der Waals surface area (Å²) in [6.45, 7) is 8.41. The van der Waals surface area contributed by atoms with Gasteiger partial charge in [0, 0.05) is 23.3 Å². The summed E-state index contributed by atoms with van der Waals surface area (Å²) in [4.78, 5) is 27.6. The molecule has 0 aliphatic rings. The number of carbonyl (C=O) groups is 2. The van der Waals surface area contributed by atoms with Gasteiger partial charge in [0.1, 0.15) is 29.6 Å². The maximum atomic E-state index is 14.6. The van der Waals surface area contributed by atoms with E-state index in [9.17, 15) is 18.4 Å². The number of hydrogen-bond acceptors (Lipinski definition) is 7. The average molecular weight is 569 g/mol. The lowest BCUT2D eigenvalue weighted by molar-refractivity contribution is -0.144. The standard InChI is InChI=1S/C29H16F2N2O4.C3H10N2/c1-33-21-8-6-20(7-9-21)25-13-11-23(15-27(25)31)37-29(35)16-28(34)36-22-10-12-24(26(30)14-22)19-4-2-18(17-32)3-5-19;4-2-1-3-5/h2-15H,16H2;1-5H2. The zero-order valence-corrected chi connectivity index (χ0v) is 22.3. The minimum absolute atomic E-state index is 0.102. The number of halogens is 2. The van der Waals surface area contributed by atoms with Gasteiger partial charge in [0.05, 0.1) is 18.2 Å². The zero-order valence-electron chi connectivity index (χ0n) is 22.3. The van der Waals surface area contributed by atoms with E-state index in [0.717, 1.165) is 31.6 Å². The van der Waals surface area contributed by atoms with Gasteiger partial charge in [-0.05, 0) is 67.0 Å². The molecule has 8 nitrogen and oxygen atoms in total. The summed E-state index contributed by atoms with van der Waals surface area (Å²) in [6.07, 6.45) is 0.167. The molecule has 4 rings (SSSR count). The van der Waals surface area contributed by atoms with Crippen molar-refractivity contribution in [3.8, 4) is 39.8 Å². The van der Waals surface area contributed by atoms with E-state index in [4.69, 9.17) is 32.8 Å². The maximum absolute atomic E-state index is 14.6. The first-order chi connectivity index (χ1) is 20.3. The molecule has 0 amide bonds. The molecule has 0 saturated heterocycles. The lowest BCUT2D eigenvalue weighted by atomic mass is 10.0. The highest BCUT2D eigenvalue weighted by atomic mass is 19.1. The van der Waals surface area contributed by atoms with Crippen LogP contribution in [0.4, 0.5) is 14.5 Å². The van der Waals surface area contributed by atoms with Crippen molar-refractivity contribution < 1.29 is 27.8 Å². The molecule has 0 radical (unpaired) electrons. The van der Waals surface area contributed by atoms with E-state index in [1.54, 1.807) is 48.5 Å². The van der Waals surface area contributed by atoms with Gasteiger partial charge in [-0.3, -0.25) is 9.59 Å². The summed E-state index contributed by atoms with van der Waals surface area (Å²) in [7, 11) is 0. The summed E-state index contributed by atoms with van der Waals surface area (Å²) in [5, 5.41) is 8.87. The van der Waals surface area contributed by atoms with E-state index in [2.05, 4.69) is 4.85 Å². The van der Waals surface area contributed by atoms with E-state index in [1.165, 1.54) is 24.3 Å². The number of nitrogens with two attached hydrogens (primary N) is 2. The van der Waals surface area contributed by atoms with E-state index in [0.29, 0.717) is 22.4 Å². The molecule has 4 aromatic rings. The molecular weight excluding hydrogens is 542 g/mol. The Labute approximate surface area is 241 Å². The fourth-order valence-electron chi connectivity index (χ4n) is 3.60. The van der Waals surface area contributed by atoms with Crippen molar-refractivity contribution in [3.63, 3.8) is 0 Å². The average Bonchev–Trinajstić information content (AvgIpc) is 2.98. The SMILES string of the molecule is NCCCN.[C-]#[N+]c1ccc(-c2ccc(OC(=O)CC(=O)Oc3ccc(-c4ccc(C#N)cc4)c(F)c3)cc2F)cc1. The molecule has 0 bridgehead atoms. The summed E-state index contributed by atoms with van der Waals surface area (Å²) in [5.74, 6) is -3.47. The number of benzene rings is 4. The van der Waals surface area contributed by atoms with Crippen molar-refractivity contribution in [2.75, 3.05) is 13.1 Å². The Hall–Kier alpha value is -5.42. The van der Waals surface area contributed by atoms with Crippen molar-refractivity contribution in [1.82, 2.24) is 0 Å². The summed E-state index contributed by atoms with van der Waals surface area (Å²) < 4.78 is 39.2. The number of nitriles is 1. The summed E-state index contributed by atoms with van der Waals surface area (Å²) >= 11 is 0. The number of rotatable bonds is 8. The first kappa shape index (κ1) is 31.1. The fourth-order valence-corrected chi connectivity index (χ4v) is 3.60. The van der Waals surface area contributed by atoms with Crippen molar-refractivity contribution >= 4 is 17.6 Å². The fraction of sp³-hybridized carbons (Fsp3) is 0.125. The van der Waals surface area contributed by atoms with E-state index in [-0.39, 0.29) is 22.6 Å². The summed E-state index contributed by atoms with van der Waals surface area (Å²) in [5.41, 5.74) is 12.6. The Balaban J connectivity index is 0.000000892. The molecule has 0 heterocycles. The Bertz CT molecular complexity index is 1510. The van der Waals surface area contributed by atoms with Gasteiger partial charge in [-0.2, -0.15) is 5.26 Å². The first-order valence-electron chi connectivity index (χ1n) is 12.7. The summed E-state index contributed by atoms with van der Waals surface area (Å²) in [6, 6.07) is 22.2. The second-order valence-corrected chi connectivity index (χ2v) is 8.69. The predicted octanol–water partition coefficient (Wildman–Crippen LogP) is 5.92. The smallest absolute Gasteiger partial charge is 0.322 e. The normalized spacial score (nSPS) is 9.95. The number of nitrogens with zero attached hydrogens (tertiary/aromatic N) is 2. The molecule has 0 unspecified atom stereocenters. The molecule has 10 heteroatoms. The molecule has 0 atom stereocenters. The van der Waals surface area contributed by atoms with E-state index < -0.39 is 30.0 Å². The second-order valence-electron chi connectivity index (χ2n) is 8.69. The first-order valence-corrected chi connectivity index (χ1v) is 12.7. The molecule has 4 N–H and O–H groups in total. The van der Waals surface area contributed by atoms with Crippen LogP contribution < -0.4 is 20.9 Å². The van der Waals surface area contributed by atoms with Crippen molar-refractivity contribution in [3.05, 3.63) is 114 Å². The lowest BCUT2D eigenvalue weighted by Crippen LogP contribution is -2.18. The third-order valence-corrected chi connectivity index (χ3v) is 5.67. The Morgan fingerprint density at radius 2 is 1.21 bits per heavy atom. The Kier molecular flexibility index (Phi) is 11.4. The van der Waals surface area contributed by atoms with Crippen LogP contribution in [-0.4, -0.2) is 25.0 Å². The maximum Gasteiger partial charge on any atom is 0.322 e. The molecule has 0 fully saturated rings. The van der Waals surface area contributed by atoms with Crippen LogP contribution in [0, 0.1) is 29.5 Å². The largest absolute Gasteiger partial charge is 0.426 e. The number of esters is 2. The topological polar surface area (TPSA) is 133 Å². The van der Waals surface area contributed by atoms with Crippen LogP contribution in [0.1, 0.15) is 18.4 Å². The number of ether oxygens (including phenoxy) is 2. The highest BCUT2D eigenvalue weighted by molar-refractivity contribution is 5.93. The molecule has 212 valence electrons. The van der Waals surface area contributed by atoms with Gasteiger partial charge in [0.2, 0.25) is 0 Å². The van der Waals surface area contributed by atoms with Crippen molar-refractivity contribution in [1.29, 1.82) is 5.26 Å². The predicted molar refractivity (Wildman–Crippen MR) is 153 cm³/mol. The molecule has 0 aliphatic heterocycles. The van der Waals surface area contributed by atoms with Gasteiger partial charge in [-0.15, -0.1) is 0 Å². The molecule has 0 aliphatic carbocycles. The molecular formula is C32H26F2N4O4. The van der Waals surface area contributed by atoms with Crippen LogP contribution in [0.25, 0.3) is 27.1 Å². The molecule has 0 aromatic heterocycles. The van der Waals surface area contributed by atoms with Gasteiger partial charge < -0.3 is 20.9 Å². The zero-order chi connectivity index (χ0) is 30.5. The quantitative estimate of drug-likeness (QED) is 0.117. The van der Waals surface area contributed by atoms with Crippen molar-refractivity contribution in [2.24, 2.45) is 11.5 Å². The Morgan fingerprint density at radius 3 is 1.57 bits per heavy atom. The molecule has 0 spiro atoms. The van der Waals surface area contributed by atoms with Crippen LogP contribution in [-0.2, 0) is 9.59 Å². The minimum Gasteiger partial charge on any atom is -0.426 e. The molecule has 0 saturated carbocycles. The van der Waals surface area contributed by atoms with Crippen LogP contribution in [0.3, 0.4) is 0 Å². The molecule has 42 heavy (non-hydrogen) atoms. The second kappa shape index (κ2) is 15.4. The highest BCUT2D eigenvalue weighted by Crippen LogP contribution is 2.29.